The zero-order valence-corrected chi connectivity index (χ0v) is 9.72. The van der Waals surface area contributed by atoms with Gasteiger partial charge < -0.3 is 15.2 Å². The maximum Gasteiger partial charge on any atom is 0.230 e. The first-order valence-electron chi connectivity index (χ1n) is 5.72. The lowest BCUT2D eigenvalue weighted by atomic mass is 10.2. The predicted molar refractivity (Wildman–Crippen MR) is 62.3 cm³/mol. The van der Waals surface area contributed by atoms with Gasteiger partial charge in [0.2, 0.25) is 5.91 Å². The van der Waals surface area contributed by atoms with Crippen LogP contribution in [0.3, 0.4) is 0 Å². The number of carbonyl (C=O) groups is 1. The molecule has 2 atom stereocenters. The van der Waals surface area contributed by atoms with Gasteiger partial charge in [-0.05, 0) is 19.4 Å². The van der Waals surface area contributed by atoms with Gasteiger partial charge in [0.15, 0.2) is 0 Å². The Bertz CT molecular complexity index is 408. The van der Waals surface area contributed by atoms with E-state index in [1.807, 2.05) is 6.92 Å². The van der Waals surface area contributed by atoms with Crippen molar-refractivity contribution in [2.24, 2.45) is 5.92 Å². The van der Waals surface area contributed by atoms with E-state index in [-0.39, 0.29) is 24.5 Å². The van der Waals surface area contributed by atoms with E-state index in [1.54, 1.807) is 18.5 Å². The number of ether oxygens (including phenoxy) is 1. The number of hydrogen-bond acceptors (Lipinski definition) is 4. The molecule has 1 aromatic heterocycles. The highest BCUT2D eigenvalue weighted by atomic mass is 16.5. The van der Waals surface area contributed by atoms with E-state index in [1.165, 1.54) is 0 Å². The van der Waals surface area contributed by atoms with E-state index in [2.05, 4.69) is 10.3 Å². The molecule has 1 aliphatic rings. The summed E-state index contributed by atoms with van der Waals surface area (Å²) < 4.78 is 5.35. The molecular weight excluding hydrogens is 220 g/mol. The highest BCUT2D eigenvalue weighted by Gasteiger charge is 2.44. The first-order chi connectivity index (χ1) is 8.26. The number of rotatable bonds is 5. The fourth-order valence-corrected chi connectivity index (χ4v) is 1.74. The molecule has 1 heterocycles. The molecular formula is C12H16N2O3. The molecule has 0 bridgehead atoms. The Morgan fingerprint density at radius 3 is 3.24 bits per heavy atom. The van der Waals surface area contributed by atoms with Crippen LogP contribution in [0.1, 0.15) is 18.9 Å². The molecule has 1 amide bonds. The van der Waals surface area contributed by atoms with E-state index in [0.717, 1.165) is 6.42 Å². The van der Waals surface area contributed by atoms with E-state index >= 15 is 0 Å². The third-order valence-electron chi connectivity index (χ3n) is 2.79. The minimum atomic E-state index is -0.113. The van der Waals surface area contributed by atoms with Crippen LogP contribution < -0.4 is 5.32 Å². The summed E-state index contributed by atoms with van der Waals surface area (Å²) in [5.74, 6) is -0.132. The zero-order valence-electron chi connectivity index (χ0n) is 9.72. The Kier molecular flexibility index (Phi) is 3.71. The van der Waals surface area contributed by atoms with Gasteiger partial charge in [0, 0.05) is 18.4 Å². The molecule has 0 spiro atoms. The van der Waals surface area contributed by atoms with Crippen molar-refractivity contribution < 1.29 is 14.6 Å². The highest BCUT2D eigenvalue weighted by Crippen LogP contribution is 2.34. The number of nitrogens with zero attached hydrogens (tertiary/aromatic N) is 1. The fraction of sp³-hybridized carbons (Fsp3) is 0.500. The monoisotopic (exact) mass is 236 g/mol. The first-order valence-corrected chi connectivity index (χ1v) is 5.72. The van der Waals surface area contributed by atoms with Crippen molar-refractivity contribution in [2.45, 2.75) is 26.1 Å². The number of amides is 1. The van der Waals surface area contributed by atoms with Crippen molar-refractivity contribution in [3.63, 3.8) is 0 Å². The van der Waals surface area contributed by atoms with E-state index in [9.17, 15) is 4.79 Å². The Hall–Kier alpha value is -1.46. The normalized spacial score (nSPS) is 22.2. The SMILES string of the molecule is CCOC1CC1C(=O)Nc1cnccc1CO. The quantitative estimate of drug-likeness (QED) is 0.798. The second kappa shape index (κ2) is 5.25. The van der Waals surface area contributed by atoms with Crippen LogP contribution in [0.4, 0.5) is 5.69 Å². The van der Waals surface area contributed by atoms with Crippen LogP contribution in [0.15, 0.2) is 18.5 Å². The van der Waals surface area contributed by atoms with Crippen molar-refractivity contribution >= 4 is 11.6 Å². The standard InChI is InChI=1S/C12H16N2O3/c1-2-17-11-5-9(11)12(16)14-10-6-13-4-3-8(10)7-15/h3-4,6,9,11,15H,2,5,7H2,1H3,(H,14,16). The van der Waals surface area contributed by atoms with Crippen LogP contribution >= 0.6 is 0 Å². The summed E-state index contributed by atoms with van der Waals surface area (Å²) >= 11 is 0. The van der Waals surface area contributed by atoms with Crippen molar-refractivity contribution in [3.8, 4) is 0 Å². The third-order valence-corrected chi connectivity index (χ3v) is 2.79. The third kappa shape index (κ3) is 2.81. The number of aliphatic hydroxyl groups excluding tert-OH is 1. The van der Waals surface area contributed by atoms with Crippen LogP contribution in [0.2, 0.25) is 0 Å². The maximum absolute atomic E-state index is 11.8. The summed E-state index contributed by atoms with van der Waals surface area (Å²) in [5, 5.41) is 11.9. The molecule has 2 unspecified atom stereocenters. The molecule has 17 heavy (non-hydrogen) atoms. The van der Waals surface area contributed by atoms with Crippen molar-refractivity contribution in [1.82, 2.24) is 4.98 Å². The van der Waals surface area contributed by atoms with Gasteiger partial charge in [-0.1, -0.05) is 0 Å². The average Bonchev–Trinajstić information content (AvgIpc) is 3.10. The van der Waals surface area contributed by atoms with Gasteiger partial charge in [-0.3, -0.25) is 9.78 Å². The molecule has 0 saturated heterocycles. The minimum absolute atomic E-state index is 0.0502. The van der Waals surface area contributed by atoms with Crippen LogP contribution in [-0.2, 0) is 16.1 Å². The zero-order chi connectivity index (χ0) is 12.3. The van der Waals surface area contributed by atoms with Crippen molar-refractivity contribution in [1.29, 1.82) is 0 Å². The van der Waals surface area contributed by atoms with Gasteiger partial charge in [0.05, 0.1) is 30.5 Å². The topological polar surface area (TPSA) is 71.5 Å². The summed E-state index contributed by atoms with van der Waals surface area (Å²) in [5.41, 5.74) is 1.24. The summed E-state index contributed by atoms with van der Waals surface area (Å²) in [6, 6.07) is 1.68. The van der Waals surface area contributed by atoms with Gasteiger partial charge >= 0.3 is 0 Å². The van der Waals surface area contributed by atoms with Crippen LogP contribution in [-0.4, -0.2) is 28.7 Å². The molecule has 2 rings (SSSR count). The molecule has 0 aromatic carbocycles. The molecule has 5 heteroatoms. The Labute approximate surface area is 99.8 Å². The molecule has 0 aliphatic heterocycles. The second-order valence-electron chi connectivity index (χ2n) is 4.02. The van der Waals surface area contributed by atoms with E-state index in [4.69, 9.17) is 9.84 Å². The first kappa shape index (κ1) is 12.0. The van der Waals surface area contributed by atoms with Gasteiger partial charge in [-0.25, -0.2) is 0 Å². The maximum atomic E-state index is 11.8. The molecule has 5 nitrogen and oxygen atoms in total. The van der Waals surface area contributed by atoms with Crippen LogP contribution in [0.5, 0.6) is 0 Å². The molecule has 1 fully saturated rings. The molecule has 92 valence electrons. The lowest BCUT2D eigenvalue weighted by Crippen LogP contribution is -2.17. The Morgan fingerprint density at radius 1 is 1.71 bits per heavy atom. The number of pyridine rings is 1. The van der Waals surface area contributed by atoms with Crippen molar-refractivity contribution in [2.75, 3.05) is 11.9 Å². The number of carbonyl (C=O) groups excluding carboxylic acids is 1. The Morgan fingerprint density at radius 2 is 2.53 bits per heavy atom. The lowest BCUT2D eigenvalue weighted by Gasteiger charge is -2.08. The second-order valence-corrected chi connectivity index (χ2v) is 4.02. The molecule has 0 radical (unpaired) electrons. The summed E-state index contributed by atoms with van der Waals surface area (Å²) in [6.45, 7) is 2.43. The molecule has 2 N–H and O–H groups in total. The smallest absolute Gasteiger partial charge is 0.230 e. The predicted octanol–water partition coefficient (Wildman–Crippen LogP) is 0.937. The molecule has 1 aliphatic carbocycles. The number of hydrogen-bond donors (Lipinski definition) is 2. The number of aliphatic hydroxyl groups is 1. The number of aromatic nitrogens is 1. The fourth-order valence-electron chi connectivity index (χ4n) is 1.74. The summed E-state index contributed by atoms with van der Waals surface area (Å²) in [7, 11) is 0. The van der Waals surface area contributed by atoms with Crippen LogP contribution in [0.25, 0.3) is 0 Å². The number of anilines is 1. The van der Waals surface area contributed by atoms with E-state index < -0.39 is 0 Å². The van der Waals surface area contributed by atoms with Gasteiger partial charge in [0.1, 0.15) is 0 Å². The lowest BCUT2D eigenvalue weighted by molar-refractivity contribution is -0.118. The number of nitrogens with one attached hydrogen (secondary N) is 1. The Balaban J connectivity index is 1.95. The van der Waals surface area contributed by atoms with Gasteiger partial charge in [0.25, 0.3) is 0 Å². The summed E-state index contributed by atoms with van der Waals surface area (Å²) in [6.07, 6.45) is 3.95. The summed E-state index contributed by atoms with van der Waals surface area (Å²) in [4.78, 5) is 15.8. The highest BCUT2D eigenvalue weighted by molar-refractivity contribution is 5.95. The van der Waals surface area contributed by atoms with Gasteiger partial charge in [-0.2, -0.15) is 0 Å². The molecule has 1 aromatic rings. The largest absolute Gasteiger partial charge is 0.392 e. The molecule has 1 saturated carbocycles. The van der Waals surface area contributed by atoms with Crippen molar-refractivity contribution in [3.05, 3.63) is 24.0 Å². The van der Waals surface area contributed by atoms with E-state index in [0.29, 0.717) is 17.9 Å². The van der Waals surface area contributed by atoms with Gasteiger partial charge in [-0.15, -0.1) is 0 Å². The minimum Gasteiger partial charge on any atom is -0.392 e. The van der Waals surface area contributed by atoms with Crippen LogP contribution in [0, 0.1) is 5.92 Å². The average molecular weight is 236 g/mol.